The minimum Gasteiger partial charge on any atom is -0.334 e. The zero-order valence-electron chi connectivity index (χ0n) is 7.90. The van der Waals surface area contributed by atoms with Gasteiger partial charge in [0.1, 0.15) is 0 Å². The maximum Gasteiger partial charge on any atom is 0.220 e. The number of likely N-dealkylation sites (tertiary alicyclic amines) is 1. The van der Waals surface area contributed by atoms with Crippen molar-refractivity contribution in [2.45, 2.75) is 19.4 Å². The second kappa shape index (κ2) is 3.36. The van der Waals surface area contributed by atoms with Crippen LogP contribution < -0.4 is 0 Å². The highest BCUT2D eigenvalue weighted by Crippen LogP contribution is 2.31. The molecular weight excluding hydrogens is 183 g/mol. The van der Waals surface area contributed by atoms with Crippen molar-refractivity contribution in [2.75, 3.05) is 6.54 Å². The summed E-state index contributed by atoms with van der Waals surface area (Å²) in [7, 11) is 0. The number of hydrogen-bond donors (Lipinski definition) is 0. The first kappa shape index (κ1) is 9.12. The SMILES string of the molecule is CC(=O)N1CCC1c1cccc(F)n1. The molecule has 0 aliphatic carbocycles. The highest BCUT2D eigenvalue weighted by molar-refractivity contribution is 5.74. The quantitative estimate of drug-likeness (QED) is 0.635. The number of pyridine rings is 1. The number of amides is 1. The summed E-state index contributed by atoms with van der Waals surface area (Å²) in [6.07, 6.45) is 0.871. The molecule has 1 aliphatic rings. The van der Waals surface area contributed by atoms with Crippen molar-refractivity contribution in [3.05, 3.63) is 29.8 Å². The highest BCUT2D eigenvalue weighted by Gasteiger charge is 2.32. The van der Waals surface area contributed by atoms with Gasteiger partial charge in [-0.15, -0.1) is 0 Å². The van der Waals surface area contributed by atoms with Gasteiger partial charge in [-0.3, -0.25) is 4.79 Å². The van der Waals surface area contributed by atoms with Crippen molar-refractivity contribution in [2.24, 2.45) is 0 Å². The molecule has 1 amide bonds. The Kier molecular flexibility index (Phi) is 2.19. The molecule has 1 aromatic heterocycles. The monoisotopic (exact) mass is 194 g/mol. The van der Waals surface area contributed by atoms with E-state index in [1.165, 1.54) is 13.0 Å². The van der Waals surface area contributed by atoms with Crippen molar-refractivity contribution >= 4 is 5.91 Å². The summed E-state index contributed by atoms with van der Waals surface area (Å²) in [4.78, 5) is 16.6. The zero-order valence-corrected chi connectivity index (χ0v) is 7.90. The predicted molar refractivity (Wildman–Crippen MR) is 48.9 cm³/mol. The van der Waals surface area contributed by atoms with Crippen LogP contribution in [0, 0.1) is 5.95 Å². The average molecular weight is 194 g/mol. The van der Waals surface area contributed by atoms with Crippen LogP contribution >= 0.6 is 0 Å². The molecule has 0 bridgehead atoms. The van der Waals surface area contributed by atoms with Crippen molar-refractivity contribution < 1.29 is 9.18 Å². The van der Waals surface area contributed by atoms with Gasteiger partial charge in [-0.05, 0) is 18.6 Å². The fourth-order valence-electron chi connectivity index (χ4n) is 1.68. The molecule has 1 aliphatic heterocycles. The summed E-state index contributed by atoms with van der Waals surface area (Å²) in [5.74, 6) is -0.467. The van der Waals surface area contributed by atoms with E-state index in [0.29, 0.717) is 5.69 Å². The standard InChI is InChI=1S/C10H11FN2O/c1-7(14)13-6-5-9(13)8-3-2-4-10(11)12-8/h2-4,9H,5-6H2,1H3. The predicted octanol–water partition coefficient (Wildman–Crippen LogP) is 1.51. The van der Waals surface area contributed by atoms with Gasteiger partial charge in [-0.25, -0.2) is 4.98 Å². The minimum atomic E-state index is -0.488. The molecule has 1 atom stereocenters. The Morgan fingerprint density at radius 1 is 1.64 bits per heavy atom. The number of carbonyl (C=O) groups is 1. The molecule has 0 radical (unpaired) electrons. The van der Waals surface area contributed by atoms with Crippen LogP contribution in [-0.4, -0.2) is 22.3 Å². The van der Waals surface area contributed by atoms with Gasteiger partial charge in [0.2, 0.25) is 11.9 Å². The lowest BCUT2D eigenvalue weighted by Gasteiger charge is -2.39. The first-order valence-electron chi connectivity index (χ1n) is 4.58. The van der Waals surface area contributed by atoms with E-state index < -0.39 is 5.95 Å². The van der Waals surface area contributed by atoms with E-state index in [4.69, 9.17) is 0 Å². The summed E-state index contributed by atoms with van der Waals surface area (Å²) in [5.41, 5.74) is 0.645. The van der Waals surface area contributed by atoms with Gasteiger partial charge >= 0.3 is 0 Å². The molecule has 2 rings (SSSR count). The Hall–Kier alpha value is -1.45. The van der Waals surface area contributed by atoms with Crippen LogP contribution in [-0.2, 0) is 4.79 Å². The van der Waals surface area contributed by atoms with Crippen LogP contribution in [0.15, 0.2) is 18.2 Å². The number of halogens is 1. The smallest absolute Gasteiger partial charge is 0.220 e. The second-order valence-electron chi connectivity index (χ2n) is 3.40. The third-order valence-corrected chi connectivity index (χ3v) is 2.50. The lowest BCUT2D eigenvalue weighted by Crippen LogP contribution is -2.44. The lowest BCUT2D eigenvalue weighted by atomic mass is 9.99. The fraction of sp³-hybridized carbons (Fsp3) is 0.400. The zero-order chi connectivity index (χ0) is 10.1. The molecule has 1 fully saturated rings. The lowest BCUT2D eigenvalue weighted by molar-refractivity contribution is -0.136. The Bertz CT molecular complexity index is 367. The number of aromatic nitrogens is 1. The van der Waals surface area contributed by atoms with E-state index in [1.807, 2.05) is 0 Å². The fourth-order valence-corrected chi connectivity index (χ4v) is 1.68. The minimum absolute atomic E-state index is 0.0207. The van der Waals surface area contributed by atoms with Crippen LogP contribution in [0.25, 0.3) is 0 Å². The maximum absolute atomic E-state index is 12.8. The molecule has 14 heavy (non-hydrogen) atoms. The van der Waals surface area contributed by atoms with Gasteiger partial charge in [0.25, 0.3) is 0 Å². The van der Waals surface area contributed by atoms with Gasteiger partial charge in [-0.1, -0.05) is 6.07 Å². The first-order valence-corrected chi connectivity index (χ1v) is 4.58. The van der Waals surface area contributed by atoms with Crippen molar-refractivity contribution in [1.82, 2.24) is 9.88 Å². The van der Waals surface area contributed by atoms with Crippen LogP contribution in [0.1, 0.15) is 25.1 Å². The number of carbonyl (C=O) groups excluding carboxylic acids is 1. The normalized spacial score (nSPS) is 20.4. The van der Waals surface area contributed by atoms with Crippen molar-refractivity contribution in [3.8, 4) is 0 Å². The second-order valence-corrected chi connectivity index (χ2v) is 3.40. The Balaban J connectivity index is 2.20. The third kappa shape index (κ3) is 1.47. The largest absolute Gasteiger partial charge is 0.334 e. The van der Waals surface area contributed by atoms with Gasteiger partial charge in [0.05, 0.1) is 11.7 Å². The first-order chi connectivity index (χ1) is 6.68. The molecule has 74 valence electrons. The molecule has 1 saturated heterocycles. The van der Waals surface area contributed by atoms with E-state index in [0.717, 1.165) is 13.0 Å². The summed E-state index contributed by atoms with van der Waals surface area (Å²) < 4.78 is 12.8. The number of nitrogens with zero attached hydrogens (tertiary/aromatic N) is 2. The van der Waals surface area contributed by atoms with Gasteiger partial charge < -0.3 is 4.90 Å². The van der Waals surface area contributed by atoms with Gasteiger partial charge in [0.15, 0.2) is 0 Å². The summed E-state index contributed by atoms with van der Waals surface area (Å²) in [6.45, 7) is 2.27. The molecule has 0 N–H and O–H groups in total. The van der Waals surface area contributed by atoms with Crippen molar-refractivity contribution in [1.29, 1.82) is 0 Å². The summed E-state index contributed by atoms with van der Waals surface area (Å²) in [6, 6.07) is 4.65. The third-order valence-electron chi connectivity index (χ3n) is 2.50. The molecule has 1 aromatic rings. The maximum atomic E-state index is 12.8. The molecule has 0 saturated carbocycles. The highest BCUT2D eigenvalue weighted by atomic mass is 19.1. The van der Waals surface area contributed by atoms with Gasteiger partial charge in [-0.2, -0.15) is 4.39 Å². The molecular formula is C10H11FN2O. The van der Waals surface area contributed by atoms with Crippen LogP contribution in [0.2, 0.25) is 0 Å². The van der Waals surface area contributed by atoms with E-state index in [1.54, 1.807) is 17.0 Å². The van der Waals surface area contributed by atoms with Gasteiger partial charge in [0, 0.05) is 13.5 Å². The van der Waals surface area contributed by atoms with Crippen LogP contribution in [0.3, 0.4) is 0 Å². The molecule has 1 unspecified atom stereocenters. The van der Waals surface area contributed by atoms with Crippen LogP contribution in [0.4, 0.5) is 4.39 Å². The van der Waals surface area contributed by atoms with E-state index in [2.05, 4.69) is 4.98 Å². The van der Waals surface area contributed by atoms with E-state index >= 15 is 0 Å². The molecule has 2 heterocycles. The Morgan fingerprint density at radius 3 is 2.93 bits per heavy atom. The van der Waals surface area contributed by atoms with E-state index in [9.17, 15) is 9.18 Å². The Morgan fingerprint density at radius 2 is 2.43 bits per heavy atom. The molecule has 3 nitrogen and oxygen atoms in total. The average Bonchev–Trinajstić information content (AvgIpc) is 2.00. The summed E-state index contributed by atoms with van der Waals surface area (Å²) >= 11 is 0. The van der Waals surface area contributed by atoms with Crippen molar-refractivity contribution in [3.63, 3.8) is 0 Å². The topological polar surface area (TPSA) is 33.2 Å². The molecule has 0 aromatic carbocycles. The molecule has 0 spiro atoms. The number of rotatable bonds is 1. The Labute approximate surface area is 81.6 Å². The summed E-state index contributed by atoms with van der Waals surface area (Å²) in [5, 5.41) is 0. The van der Waals surface area contributed by atoms with E-state index in [-0.39, 0.29) is 11.9 Å². The number of hydrogen-bond acceptors (Lipinski definition) is 2. The molecule has 4 heteroatoms. The van der Waals surface area contributed by atoms with Crippen LogP contribution in [0.5, 0.6) is 0 Å².